The second-order valence-electron chi connectivity index (χ2n) is 4.24. The van der Waals surface area contributed by atoms with Crippen molar-refractivity contribution in [3.8, 4) is 0 Å². The summed E-state index contributed by atoms with van der Waals surface area (Å²) in [4.78, 5) is 18.2. The minimum Gasteiger partial charge on any atom is -0.368 e. The van der Waals surface area contributed by atoms with Crippen molar-refractivity contribution < 1.29 is 4.79 Å². The molecule has 1 aliphatic heterocycles. The fraction of sp³-hybridized carbons (Fsp3) is 0.636. The molecule has 0 bridgehead atoms. The summed E-state index contributed by atoms with van der Waals surface area (Å²) < 4.78 is 0. The van der Waals surface area contributed by atoms with Crippen molar-refractivity contribution in [2.75, 3.05) is 26.2 Å². The molecule has 0 radical (unpaired) electrons. The summed E-state index contributed by atoms with van der Waals surface area (Å²) in [7, 11) is 0. The number of aromatic nitrogens is 1. The first-order valence-electron chi connectivity index (χ1n) is 5.84. The van der Waals surface area contributed by atoms with E-state index in [0.29, 0.717) is 0 Å². The number of hydrogen-bond acceptors (Lipinski definition) is 5. The van der Waals surface area contributed by atoms with Crippen LogP contribution >= 0.6 is 11.3 Å². The molecule has 2 rings (SSSR count). The van der Waals surface area contributed by atoms with Gasteiger partial charge >= 0.3 is 0 Å². The maximum absolute atomic E-state index is 11.6. The highest BCUT2D eigenvalue weighted by molar-refractivity contribution is 7.09. The van der Waals surface area contributed by atoms with Crippen LogP contribution in [-0.4, -0.2) is 42.0 Å². The number of primary amides is 1. The Morgan fingerprint density at radius 2 is 2.41 bits per heavy atom. The summed E-state index contributed by atoms with van der Waals surface area (Å²) in [5, 5.41) is 6.22. The molecule has 6 heteroatoms. The first kappa shape index (κ1) is 12.5. The molecule has 1 atom stereocenters. The Labute approximate surface area is 105 Å². The Kier molecular flexibility index (Phi) is 4.09. The van der Waals surface area contributed by atoms with E-state index in [1.807, 2.05) is 12.3 Å². The standard InChI is InChI=1S/C11H18N4OS/c1-8-14-9(7-17-8)10(11(12)16)15-5-2-3-13-4-6-15/h7,10,13H,2-6H2,1H3,(H2,12,16). The first-order valence-corrected chi connectivity index (χ1v) is 6.72. The lowest BCUT2D eigenvalue weighted by molar-refractivity contribution is -0.123. The van der Waals surface area contributed by atoms with E-state index in [1.54, 1.807) is 11.3 Å². The lowest BCUT2D eigenvalue weighted by Gasteiger charge is -2.26. The smallest absolute Gasteiger partial charge is 0.241 e. The number of nitrogens with zero attached hydrogens (tertiary/aromatic N) is 2. The van der Waals surface area contributed by atoms with Crippen LogP contribution in [0.4, 0.5) is 0 Å². The molecule has 2 heterocycles. The third kappa shape index (κ3) is 3.02. The highest BCUT2D eigenvalue weighted by Crippen LogP contribution is 2.22. The summed E-state index contributed by atoms with van der Waals surface area (Å²) in [6, 6.07) is -0.375. The quantitative estimate of drug-likeness (QED) is 0.812. The van der Waals surface area contributed by atoms with Gasteiger partial charge in [0.1, 0.15) is 6.04 Å². The third-order valence-corrected chi connectivity index (χ3v) is 3.72. The number of thiazole rings is 1. The number of rotatable bonds is 3. The fourth-order valence-electron chi connectivity index (χ4n) is 2.14. The number of carbonyl (C=O) groups excluding carboxylic acids is 1. The van der Waals surface area contributed by atoms with Crippen LogP contribution in [0.15, 0.2) is 5.38 Å². The molecular formula is C11H18N4OS. The summed E-state index contributed by atoms with van der Waals surface area (Å²) in [5.41, 5.74) is 6.32. The Bertz CT molecular complexity index is 385. The Hall–Kier alpha value is -0.980. The van der Waals surface area contributed by atoms with Gasteiger partial charge in [-0.2, -0.15) is 0 Å². The van der Waals surface area contributed by atoms with Crippen LogP contribution in [-0.2, 0) is 4.79 Å². The van der Waals surface area contributed by atoms with Gasteiger partial charge in [-0.3, -0.25) is 9.69 Å². The predicted molar refractivity (Wildman–Crippen MR) is 67.8 cm³/mol. The molecule has 94 valence electrons. The van der Waals surface area contributed by atoms with E-state index >= 15 is 0 Å². The van der Waals surface area contributed by atoms with E-state index in [0.717, 1.165) is 43.3 Å². The highest BCUT2D eigenvalue weighted by atomic mass is 32.1. The van der Waals surface area contributed by atoms with Gasteiger partial charge < -0.3 is 11.1 Å². The molecule has 1 aliphatic rings. The minimum atomic E-state index is -0.375. The number of nitrogens with two attached hydrogens (primary N) is 1. The first-order chi connectivity index (χ1) is 8.18. The van der Waals surface area contributed by atoms with Crippen LogP contribution < -0.4 is 11.1 Å². The van der Waals surface area contributed by atoms with Gasteiger partial charge in [0.25, 0.3) is 0 Å². The van der Waals surface area contributed by atoms with Gasteiger partial charge in [-0.05, 0) is 19.9 Å². The number of nitrogens with one attached hydrogen (secondary N) is 1. The highest BCUT2D eigenvalue weighted by Gasteiger charge is 2.28. The molecule has 0 aliphatic carbocycles. The van der Waals surface area contributed by atoms with Gasteiger partial charge in [-0.15, -0.1) is 11.3 Å². The van der Waals surface area contributed by atoms with Crippen LogP contribution in [0.5, 0.6) is 0 Å². The summed E-state index contributed by atoms with van der Waals surface area (Å²) in [6.45, 7) is 5.56. The molecule has 1 saturated heterocycles. The van der Waals surface area contributed by atoms with Gasteiger partial charge in [0, 0.05) is 25.0 Å². The molecule has 1 fully saturated rings. The van der Waals surface area contributed by atoms with Crippen LogP contribution in [0.25, 0.3) is 0 Å². The van der Waals surface area contributed by atoms with E-state index in [-0.39, 0.29) is 11.9 Å². The number of carbonyl (C=O) groups is 1. The van der Waals surface area contributed by atoms with Crippen molar-refractivity contribution >= 4 is 17.2 Å². The number of amides is 1. The number of hydrogen-bond donors (Lipinski definition) is 2. The minimum absolute atomic E-state index is 0.308. The number of aryl methyl sites for hydroxylation is 1. The zero-order chi connectivity index (χ0) is 12.3. The average molecular weight is 254 g/mol. The van der Waals surface area contributed by atoms with Crippen LogP contribution in [0.3, 0.4) is 0 Å². The van der Waals surface area contributed by atoms with Crippen LogP contribution in [0.2, 0.25) is 0 Å². The van der Waals surface area contributed by atoms with Crippen molar-refractivity contribution in [2.45, 2.75) is 19.4 Å². The largest absolute Gasteiger partial charge is 0.368 e. The van der Waals surface area contributed by atoms with Gasteiger partial charge in [0.2, 0.25) is 5.91 Å². The second-order valence-corrected chi connectivity index (χ2v) is 5.30. The lowest BCUT2D eigenvalue weighted by atomic mass is 10.1. The fourth-order valence-corrected chi connectivity index (χ4v) is 2.77. The molecule has 1 unspecified atom stereocenters. The zero-order valence-corrected chi connectivity index (χ0v) is 10.8. The van der Waals surface area contributed by atoms with Crippen molar-refractivity contribution in [2.24, 2.45) is 5.73 Å². The summed E-state index contributed by atoms with van der Waals surface area (Å²) in [5.74, 6) is -0.308. The van der Waals surface area contributed by atoms with Crippen molar-refractivity contribution in [1.29, 1.82) is 0 Å². The maximum Gasteiger partial charge on any atom is 0.241 e. The molecule has 1 aromatic heterocycles. The SMILES string of the molecule is Cc1nc(C(C(N)=O)N2CCCNCC2)cs1. The summed E-state index contributed by atoms with van der Waals surface area (Å²) >= 11 is 1.56. The Balaban J connectivity index is 2.18. The van der Waals surface area contributed by atoms with Gasteiger partial charge in [0.05, 0.1) is 10.7 Å². The lowest BCUT2D eigenvalue weighted by Crippen LogP contribution is -2.40. The molecular weight excluding hydrogens is 236 g/mol. The van der Waals surface area contributed by atoms with Crippen molar-refractivity contribution in [1.82, 2.24) is 15.2 Å². The Morgan fingerprint density at radius 1 is 1.59 bits per heavy atom. The van der Waals surface area contributed by atoms with Gasteiger partial charge in [-0.25, -0.2) is 4.98 Å². The molecule has 1 amide bonds. The monoisotopic (exact) mass is 254 g/mol. The van der Waals surface area contributed by atoms with Gasteiger partial charge in [-0.1, -0.05) is 0 Å². The van der Waals surface area contributed by atoms with E-state index in [4.69, 9.17) is 5.73 Å². The molecule has 5 nitrogen and oxygen atoms in total. The summed E-state index contributed by atoms with van der Waals surface area (Å²) in [6.07, 6.45) is 1.03. The molecule has 0 aromatic carbocycles. The van der Waals surface area contributed by atoms with Crippen LogP contribution in [0.1, 0.15) is 23.2 Å². The normalized spacial score (nSPS) is 19.8. The molecule has 1 aromatic rings. The van der Waals surface area contributed by atoms with E-state index in [2.05, 4.69) is 15.2 Å². The molecule has 0 spiro atoms. The second kappa shape index (κ2) is 5.57. The molecule has 0 saturated carbocycles. The molecule has 3 N–H and O–H groups in total. The molecule has 17 heavy (non-hydrogen) atoms. The van der Waals surface area contributed by atoms with Crippen molar-refractivity contribution in [3.63, 3.8) is 0 Å². The maximum atomic E-state index is 11.6. The van der Waals surface area contributed by atoms with E-state index < -0.39 is 0 Å². The van der Waals surface area contributed by atoms with E-state index in [1.165, 1.54) is 0 Å². The van der Waals surface area contributed by atoms with Crippen LogP contribution in [0, 0.1) is 6.92 Å². The average Bonchev–Trinajstić information content (AvgIpc) is 2.53. The third-order valence-electron chi connectivity index (χ3n) is 2.93. The predicted octanol–water partition coefficient (Wildman–Crippen LogP) is 0.273. The topological polar surface area (TPSA) is 71.2 Å². The van der Waals surface area contributed by atoms with Gasteiger partial charge in [0.15, 0.2) is 0 Å². The van der Waals surface area contributed by atoms with E-state index in [9.17, 15) is 4.79 Å². The van der Waals surface area contributed by atoms with Crippen molar-refractivity contribution in [3.05, 3.63) is 16.1 Å². The Morgan fingerprint density at radius 3 is 3.06 bits per heavy atom. The zero-order valence-electron chi connectivity index (χ0n) is 9.98.